The average molecular weight is 258 g/mol. The molecule has 2 rings (SSSR count). The van der Waals surface area contributed by atoms with Gasteiger partial charge in [0.2, 0.25) is 0 Å². The minimum atomic E-state index is 0.450. The summed E-state index contributed by atoms with van der Waals surface area (Å²) < 4.78 is 10.7. The van der Waals surface area contributed by atoms with Crippen LogP contribution in [0.25, 0.3) is 11.1 Å². The Labute approximate surface area is 113 Å². The molecular formula is C15H18N2O2. The van der Waals surface area contributed by atoms with Gasteiger partial charge in [-0.05, 0) is 36.2 Å². The van der Waals surface area contributed by atoms with Gasteiger partial charge in [0.25, 0.3) is 0 Å². The maximum Gasteiger partial charge on any atom is 0.138 e. The van der Waals surface area contributed by atoms with Crippen LogP contribution in [0.1, 0.15) is 12.5 Å². The molecule has 2 aromatic rings. The molecule has 100 valence electrons. The van der Waals surface area contributed by atoms with Gasteiger partial charge in [-0.15, -0.1) is 0 Å². The number of rotatable bonds is 5. The smallest absolute Gasteiger partial charge is 0.138 e. The number of methoxy groups -OCH3 is 1. The van der Waals surface area contributed by atoms with Gasteiger partial charge in [-0.1, -0.05) is 6.07 Å². The highest BCUT2D eigenvalue weighted by Gasteiger charge is 2.07. The van der Waals surface area contributed by atoms with Crippen LogP contribution < -0.4 is 15.2 Å². The molecule has 0 aliphatic carbocycles. The number of nitrogens with zero attached hydrogens (tertiary/aromatic N) is 1. The summed E-state index contributed by atoms with van der Waals surface area (Å²) in [7, 11) is 1.65. The average Bonchev–Trinajstić information content (AvgIpc) is 2.47. The highest BCUT2D eigenvalue weighted by atomic mass is 16.5. The minimum Gasteiger partial charge on any atom is -0.497 e. The second-order valence-electron chi connectivity index (χ2n) is 4.07. The standard InChI is InChI=1S/C15H18N2O2/c1-3-19-14-7-12(9-17-10-14)15-5-4-13(18-2)6-11(15)8-16/h4-7,9-10H,3,8,16H2,1-2H3. The van der Waals surface area contributed by atoms with E-state index in [0.717, 1.165) is 28.2 Å². The van der Waals surface area contributed by atoms with E-state index in [9.17, 15) is 0 Å². The summed E-state index contributed by atoms with van der Waals surface area (Å²) in [4.78, 5) is 4.20. The number of hydrogen-bond acceptors (Lipinski definition) is 4. The highest BCUT2D eigenvalue weighted by Crippen LogP contribution is 2.28. The molecule has 4 nitrogen and oxygen atoms in total. The number of hydrogen-bond donors (Lipinski definition) is 1. The van der Waals surface area contributed by atoms with E-state index in [1.165, 1.54) is 0 Å². The van der Waals surface area contributed by atoms with Crippen molar-refractivity contribution in [1.82, 2.24) is 4.98 Å². The van der Waals surface area contributed by atoms with E-state index in [0.29, 0.717) is 13.2 Å². The molecule has 0 saturated carbocycles. The molecule has 1 heterocycles. The van der Waals surface area contributed by atoms with Gasteiger partial charge in [-0.2, -0.15) is 0 Å². The van der Waals surface area contributed by atoms with Crippen LogP contribution in [0.4, 0.5) is 0 Å². The van der Waals surface area contributed by atoms with Crippen LogP contribution in [0, 0.1) is 0 Å². The summed E-state index contributed by atoms with van der Waals surface area (Å²) in [5.74, 6) is 1.57. The monoisotopic (exact) mass is 258 g/mol. The van der Waals surface area contributed by atoms with Crippen LogP contribution in [-0.2, 0) is 6.54 Å². The molecule has 0 aliphatic rings. The van der Waals surface area contributed by atoms with Gasteiger partial charge in [0.1, 0.15) is 11.5 Å². The SMILES string of the molecule is CCOc1cncc(-c2ccc(OC)cc2CN)c1. The van der Waals surface area contributed by atoms with E-state index in [1.54, 1.807) is 13.3 Å². The first-order valence-corrected chi connectivity index (χ1v) is 6.23. The van der Waals surface area contributed by atoms with Crippen LogP contribution >= 0.6 is 0 Å². The van der Waals surface area contributed by atoms with Crippen molar-refractivity contribution in [2.75, 3.05) is 13.7 Å². The molecular weight excluding hydrogens is 240 g/mol. The fourth-order valence-electron chi connectivity index (χ4n) is 1.96. The van der Waals surface area contributed by atoms with Crippen molar-refractivity contribution in [2.24, 2.45) is 5.73 Å². The Hall–Kier alpha value is -2.07. The molecule has 19 heavy (non-hydrogen) atoms. The molecule has 0 bridgehead atoms. The fraction of sp³-hybridized carbons (Fsp3) is 0.267. The van der Waals surface area contributed by atoms with Crippen LogP contribution in [0.5, 0.6) is 11.5 Å². The Morgan fingerprint density at radius 3 is 2.68 bits per heavy atom. The van der Waals surface area contributed by atoms with Crippen molar-refractivity contribution < 1.29 is 9.47 Å². The van der Waals surface area contributed by atoms with Gasteiger partial charge in [-0.25, -0.2) is 0 Å². The van der Waals surface area contributed by atoms with E-state index in [1.807, 2.05) is 37.4 Å². The lowest BCUT2D eigenvalue weighted by Crippen LogP contribution is -2.00. The molecule has 0 spiro atoms. The Morgan fingerprint density at radius 1 is 1.16 bits per heavy atom. The second kappa shape index (κ2) is 6.20. The summed E-state index contributed by atoms with van der Waals surface area (Å²) in [5, 5.41) is 0. The Morgan fingerprint density at radius 2 is 2.00 bits per heavy atom. The lowest BCUT2D eigenvalue weighted by atomic mass is 10.0. The van der Waals surface area contributed by atoms with Gasteiger partial charge >= 0.3 is 0 Å². The van der Waals surface area contributed by atoms with Crippen molar-refractivity contribution in [1.29, 1.82) is 0 Å². The topological polar surface area (TPSA) is 57.4 Å². The Kier molecular flexibility index (Phi) is 4.36. The maximum absolute atomic E-state index is 5.80. The highest BCUT2D eigenvalue weighted by molar-refractivity contribution is 5.68. The molecule has 0 unspecified atom stereocenters. The fourth-order valence-corrected chi connectivity index (χ4v) is 1.96. The van der Waals surface area contributed by atoms with Crippen molar-refractivity contribution >= 4 is 0 Å². The van der Waals surface area contributed by atoms with E-state index < -0.39 is 0 Å². The number of benzene rings is 1. The van der Waals surface area contributed by atoms with Crippen LogP contribution in [-0.4, -0.2) is 18.7 Å². The summed E-state index contributed by atoms with van der Waals surface area (Å²) in [5.41, 5.74) is 8.87. The lowest BCUT2D eigenvalue weighted by Gasteiger charge is -2.11. The van der Waals surface area contributed by atoms with E-state index in [4.69, 9.17) is 15.2 Å². The second-order valence-corrected chi connectivity index (χ2v) is 4.07. The van der Waals surface area contributed by atoms with Gasteiger partial charge in [0.15, 0.2) is 0 Å². The molecule has 0 radical (unpaired) electrons. The molecule has 0 saturated heterocycles. The van der Waals surface area contributed by atoms with Gasteiger partial charge in [0, 0.05) is 18.3 Å². The first-order chi connectivity index (χ1) is 9.28. The lowest BCUT2D eigenvalue weighted by molar-refractivity contribution is 0.339. The number of pyridine rings is 1. The first-order valence-electron chi connectivity index (χ1n) is 6.23. The number of ether oxygens (including phenoxy) is 2. The van der Waals surface area contributed by atoms with E-state index >= 15 is 0 Å². The molecule has 0 aliphatic heterocycles. The summed E-state index contributed by atoms with van der Waals surface area (Å²) in [6, 6.07) is 7.83. The molecule has 1 aromatic heterocycles. The zero-order valence-electron chi connectivity index (χ0n) is 11.2. The predicted molar refractivity (Wildman–Crippen MR) is 75.3 cm³/mol. The number of aromatic nitrogens is 1. The van der Waals surface area contributed by atoms with Crippen molar-refractivity contribution in [3.05, 3.63) is 42.2 Å². The first kappa shape index (κ1) is 13.4. The predicted octanol–water partition coefficient (Wildman–Crippen LogP) is 2.61. The third kappa shape index (κ3) is 3.03. The van der Waals surface area contributed by atoms with E-state index in [-0.39, 0.29) is 0 Å². The normalized spacial score (nSPS) is 10.3. The van der Waals surface area contributed by atoms with Gasteiger partial charge in [-0.3, -0.25) is 4.98 Å². The van der Waals surface area contributed by atoms with Gasteiger partial charge < -0.3 is 15.2 Å². The van der Waals surface area contributed by atoms with E-state index in [2.05, 4.69) is 4.98 Å². The quantitative estimate of drug-likeness (QED) is 0.895. The van der Waals surface area contributed by atoms with Crippen LogP contribution in [0.15, 0.2) is 36.7 Å². The van der Waals surface area contributed by atoms with Crippen LogP contribution in [0.3, 0.4) is 0 Å². The zero-order valence-corrected chi connectivity index (χ0v) is 11.2. The van der Waals surface area contributed by atoms with Gasteiger partial charge in [0.05, 0.1) is 19.9 Å². The molecule has 0 amide bonds. The van der Waals surface area contributed by atoms with Crippen molar-refractivity contribution in [2.45, 2.75) is 13.5 Å². The third-order valence-corrected chi connectivity index (χ3v) is 2.87. The summed E-state index contributed by atoms with van der Waals surface area (Å²) in [6.07, 6.45) is 3.52. The summed E-state index contributed by atoms with van der Waals surface area (Å²) >= 11 is 0. The minimum absolute atomic E-state index is 0.450. The largest absolute Gasteiger partial charge is 0.497 e. The van der Waals surface area contributed by atoms with Crippen LogP contribution in [0.2, 0.25) is 0 Å². The maximum atomic E-state index is 5.80. The Bertz CT molecular complexity index is 556. The molecule has 1 aromatic carbocycles. The molecule has 4 heteroatoms. The molecule has 0 atom stereocenters. The molecule has 2 N–H and O–H groups in total. The third-order valence-electron chi connectivity index (χ3n) is 2.87. The Balaban J connectivity index is 2.43. The number of nitrogens with two attached hydrogens (primary N) is 1. The van der Waals surface area contributed by atoms with Crippen molar-refractivity contribution in [3.63, 3.8) is 0 Å². The molecule has 0 fully saturated rings. The summed E-state index contributed by atoms with van der Waals surface area (Å²) in [6.45, 7) is 3.02. The zero-order chi connectivity index (χ0) is 13.7. The van der Waals surface area contributed by atoms with Crippen molar-refractivity contribution in [3.8, 4) is 22.6 Å².